The fourth-order valence-corrected chi connectivity index (χ4v) is 3.94. The van der Waals surface area contributed by atoms with Gasteiger partial charge in [-0.3, -0.25) is 5.32 Å². The normalized spacial score (nSPS) is 10.9. The molecule has 1 aromatic heterocycles. The van der Waals surface area contributed by atoms with Crippen LogP contribution in [0.1, 0.15) is 21.7 Å². The minimum absolute atomic E-state index is 0.0627. The van der Waals surface area contributed by atoms with E-state index in [0.29, 0.717) is 22.2 Å². The highest BCUT2D eigenvalue weighted by molar-refractivity contribution is 7.90. The van der Waals surface area contributed by atoms with Gasteiger partial charge in [0.2, 0.25) is 12.7 Å². The quantitative estimate of drug-likeness (QED) is 0.379. The summed E-state index contributed by atoms with van der Waals surface area (Å²) in [6.07, 6.45) is 0. The van der Waals surface area contributed by atoms with Crippen LogP contribution in [0.15, 0.2) is 59.5 Å². The number of carbonyl (C=O) groups is 2. The molecule has 2 aromatic carbocycles. The zero-order chi connectivity index (χ0) is 24.0. The number of nitrogens with one attached hydrogen (secondary N) is 2. The van der Waals surface area contributed by atoms with Gasteiger partial charge in [-0.1, -0.05) is 23.7 Å². The maximum atomic E-state index is 12.8. The molecule has 0 saturated heterocycles. The molecule has 172 valence electrons. The van der Waals surface area contributed by atoms with Crippen molar-refractivity contribution in [1.82, 2.24) is 14.7 Å². The fourth-order valence-electron chi connectivity index (χ4n) is 2.72. The van der Waals surface area contributed by atoms with E-state index in [2.05, 4.69) is 15.3 Å². The van der Waals surface area contributed by atoms with Gasteiger partial charge in [-0.15, -0.1) is 0 Å². The van der Waals surface area contributed by atoms with Crippen LogP contribution >= 0.6 is 11.6 Å². The van der Waals surface area contributed by atoms with E-state index in [-0.39, 0.29) is 11.5 Å². The Kier molecular flexibility index (Phi) is 7.46. The second kappa shape index (κ2) is 10.3. The monoisotopic (exact) mass is 490 g/mol. The third-order valence-corrected chi connectivity index (χ3v) is 5.70. The number of benzene rings is 2. The van der Waals surface area contributed by atoms with Crippen molar-refractivity contribution >= 4 is 39.6 Å². The summed E-state index contributed by atoms with van der Waals surface area (Å²) in [5.74, 6) is -0.615. The first kappa shape index (κ1) is 24.0. The van der Waals surface area contributed by atoms with Gasteiger partial charge < -0.3 is 9.47 Å². The van der Waals surface area contributed by atoms with Gasteiger partial charge in [0.1, 0.15) is 10.6 Å². The van der Waals surface area contributed by atoms with Gasteiger partial charge in [-0.05, 0) is 56.3 Å². The molecule has 0 unspecified atom stereocenters. The summed E-state index contributed by atoms with van der Waals surface area (Å²) in [5.41, 5.74) is 0.907. The molecule has 3 rings (SSSR count). The van der Waals surface area contributed by atoms with Crippen LogP contribution in [-0.4, -0.2) is 37.2 Å². The maximum absolute atomic E-state index is 12.8. The number of esters is 1. The Labute approximate surface area is 195 Å². The summed E-state index contributed by atoms with van der Waals surface area (Å²) in [7, 11) is -4.43. The number of hydrogen-bond donors (Lipinski definition) is 2. The van der Waals surface area contributed by atoms with E-state index < -0.39 is 33.7 Å². The van der Waals surface area contributed by atoms with Crippen LogP contribution in [0.3, 0.4) is 0 Å². The van der Waals surface area contributed by atoms with Crippen molar-refractivity contribution < 1.29 is 27.5 Å². The average molecular weight is 491 g/mol. The zero-order valence-electron chi connectivity index (χ0n) is 17.5. The number of nitrogens with zero attached hydrogens (tertiary/aromatic N) is 2. The standard InChI is InChI=1S/C21H19ClN4O6S/c1-13-11-14(2)24-20(23-13)25-21(28)26-33(29,30)18-6-4-3-5-17(18)19(27)32-12-31-16-9-7-15(22)8-10-16/h3-11H,12H2,1-2H3,(H2,23,24,25,26,28). The molecule has 0 aliphatic carbocycles. The molecule has 0 aliphatic rings. The average Bonchev–Trinajstić information content (AvgIpc) is 2.74. The Hall–Kier alpha value is -3.70. The van der Waals surface area contributed by atoms with Crippen molar-refractivity contribution in [3.63, 3.8) is 0 Å². The molecule has 12 heteroatoms. The Bertz CT molecular complexity index is 1260. The first-order valence-electron chi connectivity index (χ1n) is 9.44. The highest BCUT2D eigenvalue weighted by Crippen LogP contribution is 2.18. The number of aryl methyl sites for hydroxylation is 2. The smallest absolute Gasteiger partial charge is 0.342 e. The van der Waals surface area contributed by atoms with E-state index >= 15 is 0 Å². The lowest BCUT2D eigenvalue weighted by molar-refractivity contribution is 0.0150. The number of rotatable bonds is 7. The Morgan fingerprint density at radius 3 is 2.30 bits per heavy atom. The molecule has 3 aromatic rings. The number of amides is 2. The van der Waals surface area contributed by atoms with Crippen molar-refractivity contribution in [2.45, 2.75) is 18.7 Å². The van der Waals surface area contributed by atoms with E-state index in [4.69, 9.17) is 21.1 Å². The number of anilines is 1. The van der Waals surface area contributed by atoms with E-state index in [1.165, 1.54) is 24.3 Å². The van der Waals surface area contributed by atoms with Crippen LogP contribution in [0, 0.1) is 13.8 Å². The molecule has 0 aliphatic heterocycles. The molecule has 0 fully saturated rings. The molecule has 33 heavy (non-hydrogen) atoms. The lowest BCUT2D eigenvalue weighted by Gasteiger charge is -2.12. The van der Waals surface area contributed by atoms with Gasteiger partial charge in [0, 0.05) is 16.4 Å². The molecule has 0 radical (unpaired) electrons. The second-order valence-electron chi connectivity index (χ2n) is 6.68. The maximum Gasteiger partial charge on any atom is 0.342 e. The Balaban J connectivity index is 1.68. The van der Waals surface area contributed by atoms with Crippen LogP contribution in [-0.2, 0) is 14.8 Å². The number of halogens is 1. The molecule has 0 bridgehead atoms. The highest BCUT2D eigenvalue weighted by atomic mass is 35.5. The Morgan fingerprint density at radius 2 is 1.64 bits per heavy atom. The van der Waals surface area contributed by atoms with Gasteiger partial charge >= 0.3 is 12.0 Å². The van der Waals surface area contributed by atoms with Crippen LogP contribution < -0.4 is 14.8 Å². The van der Waals surface area contributed by atoms with Gasteiger partial charge in [0.05, 0.1) is 5.56 Å². The molecule has 1 heterocycles. The first-order chi connectivity index (χ1) is 15.6. The summed E-state index contributed by atoms with van der Waals surface area (Å²) in [5, 5.41) is 2.77. The van der Waals surface area contributed by atoms with Crippen molar-refractivity contribution in [1.29, 1.82) is 0 Å². The molecular weight excluding hydrogens is 472 g/mol. The topological polar surface area (TPSA) is 137 Å². The molecule has 0 atom stereocenters. The van der Waals surface area contributed by atoms with E-state index in [9.17, 15) is 18.0 Å². The molecular formula is C21H19ClN4O6S. The van der Waals surface area contributed by atoms with Crippen molar-refractivity contribution in [3.05, 3.63) is 76.6 Å². The highest BCUT2D eigenvalue weighted by Gasteiger charge is 2.25. The summed E-state index contributed by atoms with van der Waals surface area (Å²) < 4.78 is 37.6. The van der Waals surface area contributed by atoms with Crippen molar-refractivity contribution in [3.8, 4) is 5.75 Å². The third kappa shape index (κ3) is 6.64. The zero-order valence-corrected chi connectivity index (χ0v) is 19.1. The molecule has 0 saturated carbocycles. The SMILES string of the molecule is Cc1cc(C)nc(NC(=O)NS(=O)(=O)c2ccccc2C(=O)OCOc2ccc(Cl)cc2)n1. The van der Waals surface area contributed by atoms with Crippen molar-refractivity contribution in [2.24, 2.45) is 0 Å². The van der Waals surface area contributed by atoms with Gasteiger partial charge in [-0.2, -0.15) is 0 Å². The van der Waals surface area contributed by atoms with Crippen LogP contribution in [0.4, 0.5) is 10.7 Å². The van der Waals surface area contributed by atoms with Crippen LogP contribution in [0.5, 0.6) is 5.75 Å². The van der Waals surface area contributed by atoms with E-state index in [1.807, 2.05) is 4.72 Å². The minimum Gasteiger partial charge on any atom is -0.457 e. The molecule has 2 amide bonds. The lowest BCUT2D eigenvalue weighted by Crippen LogP contribution is -2.35. The fraction of sp³-hybridized carbons (Fsp3) is 0.143. The third-order valence-electron chi connectivity index (χ3n) is 4.06. The summed E-state index contributed by atoms with van der Waals surface area (Å²) >= 11 is 5.79. The summed E-state index contributed by atoms with van der Waals surface area (Å²) in [6.45, 7) is 2.94. The number of aromatic nitrogens is 2. The van der Waals surface area contributed by atoms with Crippen molar-refractivity contribution in [2.75, 3.05) is 12.1 Å². The first-order valence-corrected chi connectivity index (χ1v) is 11.3. The summed E-state index contributed by atoms with van der Waals surface area (Å²) in [6, 6.07) is 12.2. The second-order valence-corrected chi connectivity index (χ2v) is 8.77. The lowest BCUT2D eigenvalue weighted by atomic mass is 10.2. The number of ether oxygens (including phenoxy) is 2. The molecule has 10 nitrogen and oxygen atoms in total. The molecule has 0 spiro atoms. The Morgan fingerprint density at radius 1 is 1.00 bits per heavy atom. The van der Waals surface area contributed by atoms with Gasteiger partial charge in [0.15, 0.2) is 0 Å². The number of urea groups is 1. The molecule has 2 N–H and O–H groups in total. The summed E-state index contributed by atoms with van der Waals surface area (Å²) in [4.78, 5) is 32.3. The largest absolute Gasteiger partial charge is 0.457 e. The predicted molar refractivity (Wildman–Crippen MR) is 120 cm³/mol. The van der Waals surface area contributed by atoms with Gasteiger partial charge in [-0.25, -0.2) is 32.7 Å². The minimum atomic E-state index is -4.43. The number of sulfonamides is 1. The predicted octanol–water partition coefficient (Wildman–Crippen LogP) is 3.45. The number of carbonyl (C=O) groups excluding carboxylic acids is 2. The van der Waals surface area contributed by atoms with E-state index in [1.54, 1.807) is 44.2 Å². The van der Waals surface area contributed by atoms with Gasteiger partial charge in [0.25, 0.3) is 10.0 Å². The van der Waals surface area contributed by atoms with E-state index in [0.717, 1.165) is 0 Å². The van der Waals surface area contributed by atoms with Crippen LogP contribution in [0.2, 0.25) is 5.02 Å². The van der Waals surface area contributed by atoms with Crippen LogP contribution in [0.25, 0.3) is 0 Å². The number of hydrogen-bond acceptors (Lipinski definition) is 8.